The van der Waals surface area contributed by atoms with Crippen LogP contribution >= 0.6 is 0 Å². The van der Waals surface area contributed by atoms with Crippen LogP contribution in [0.5, 0.6) is 5.75 Å². The number of hydrogen-bond acceptors (Lipinski definition) is 4. The van der Waals surface area contributed by atoms with Crippen molar-refractivity contribution in [2.24, 2.45) is 0 Å². The Morgan fingerprint density at radius 2 is 1.22 bits per heavy atom. The molecule has 0 bridgehead atoms. The molecule has 0 N–H and O–H groups in total. The van der Waals surface area contributed by atoms with Crippen LogP contribution in [0.3, 0.4) is 0 Å². The maximum Gasteiger partial charge on any atom is 0.217 e. The van der Waals surface area contributed by atoms with Crippen LogP contribution in [0.4, 0.5) is 0 Å². The summed E-state index contributed by atoms with van der Waals surface area (Å²) in [5.41, 5.74) is 12.1. The third kappa shape index (κ3) is 6.65. The molecule has 46 heavy (non-hydrogen) atoms. The lowest BCUT2D eigenvalue weighted by molar-refractivity contribution is -0.676. The van der Waals surface area contributed by atoms with E-state index in [1.54, 1.807) is 12.1 Å². The minimum absolute atomic E-state index is 0.0872. The molecule has 0 atom stereocenters. The Morgan fingerprint density at radius 3 is 1.74 bits per heavy atom. The standard InChI is InChI=1S/C40H47NO4S/c1-3-4-5-6-7-8-9-10-11-16-27-41-39-32-19-14-12-17-29(32)21-24-34(39)38(31-23-26-36(45-2)37(28-31)46(42,43)44)35-25-22-30-18-13-15-20-33(30)40(35)41/h12-15,17-20,23,26,28H,3-11,16,21-22,24-25,27H2,1-2H3. The van der Waals surface area contributed by atoms with Crippen molar-refractivity contribution in [3.63, 3.8) is 0 Å². The third-order valence-electron chi connectivity index (χ3n) is 10.0. The number of nitrogens with zero attached hydrogens (tertiary/aromatic N) is 1. The molecule has 6 heteroatoms. The van der Waals surface area contributed by atoms with E-state index in [0.717, 1.165) is 49.8 Å². The minimum Gasteiger partial charge on any atom is -0.744 e. The van der Waals surface area contributed by atoms with Crippen molar-refractivity contribution in [3.05, 3.63) is 89.0 Å². The van der Waals surface area contributed by atoms with E-state index in [2.05, 4.69) is 60.0 Å². The van der Waals surface area contributed by atoms with Crippen molar-refractivity contribution in [2.75, 3.05) is 7.11 Å². The number of aromatic nitrogens is 1. The van der Waals surface area contributed by atoms with E-state index >= 15 is 0 Å². The fourth-order valence-electron chi connectivity index (χ4n) is 7.77. The van der Waals surface area contributed by atoms with Gasteiger partial charge in [-0.25, -0.2) is 8.42 Å². The van der Waals surface area contributed by atoms with E-state index in [9.17, 15) is 13.0 Å². The molecule has 1 aromatic heterocycles. The molecule has 0 unspecified atom stereocenters. The smallest absolute Gasteiger partial charge is 0.217 e. The quantitative estimate of drug-likeness (QED) is 0.0786. The number of ether oxygens (including phenoxy) is 1. The number of unbranched alkanes of at least 4 members (excludes halogenated alkanes) is 9. The molecule has 0 aliphatic heterocycles. The van der Waals surface area contributed by atoms with Crippen molar-refractivity contribution in [3.8, 4) is 39.4 Å². The Balaban J connectivity index is 1.46. The zero-order valence-corrected chi connectivity index (χ0v) is 28.3. The van der Waals surface area contributed by atoms with Crippen LogP contribution in [0.15, 0.2) is 71.6 Å². The summed E-state index contributed by atoms with van der Waals surface area (Å²) in [4.78, 5) is -0.301. The predicted octanol–water partition coefficient (Wildman–Crippen LogP) is 9.01. The molecular weight excluding hydrogens is 591 g/mol. The molecule has 2 aliphatic rings. The summed E-state index contributed by atoms with van der Waals surface area (Å²) >= 11 is 0. The number of fused-ring (bicyclic) bond motifs is 6. The van der Waals surface area contributed by atoms with Crippen LogP contribution in [0, 0.1) is 0 Å². The van der Waals surface area contributed by atoms with E-state index < -0.39 is 10.1 Å². The summed E-state index contributed by atoms with van der Waals surface area (Å²) in [5.74, 6) is 0.0872. The first-order valence-electron chi connectivity index (χ1n) is 17.3. The number of hydrogen-bond donors (Lipinski definition) is 0. The van der Waals surface area contributed by atoms with Gasteiger partial charge in [0.05, 0.1) is 12.0 Å². The zero-order valence-electron chi connectivity index (χ0n) is 27.4. The number of pyridine rings is 1. The van der Waals surface area contributed by atoms with Gasteiger partial charge in [0.2, 0.25) is 11.4 Å². The average molecular weight is 638 g/mol. The van der Waals surface area contributed by atoms with E-state index in [1.807, 2.05) is 6.07 Å². The summed E-state index contributed by atoms with van der Waals surface area (Å²) in [7, 11) is -3.33. The van der Waals surface area contributed by atoms with Gasteiger partial charge in [0.15, 0.2) is 0 Å². The largest absolute Gasteiger partial charge is 0.744 e. The lowest BCUT2D eigenvalue weighted by Gasteiger charge is -2.29. The fourth-order valence-corrected chi connectivity index (χ4v) is 8.44. The van der Waals surface area contributed by atoms with Gasteiger partial charge in [-0.1, -0.05) is 101 Å². The Morgan fingerprint density at radius 1 is 0.696 bits per heavy atom. The van der Waals surface area contributed by atoms with Crippen molar-refractivity contribution >= 4 is 10.1 Å². The molecule has 0 radical (unpaired) electrons. The summed E-state index contributed by atoms with van der Waals surface area (Å²) < 4.78 is 45.1. The van der Waals surface area contributed by atoms with Gasteiger partial charge in [0, 0.05) is 34.2 Å². The van der Waals surface area contributed by atoms with Crippen molar-refractivity contribution < 1.29 is 22.3 Å². The van der Waals surface area contributed by atoms with Crippen LogP contribution in [0.2, 0.25) is 0 Å². The van der Waals surface area contributed by atoms with Gasteiger partial charge >= 0.3 is 0 Å². The molecule has 5 nitrogen and oxygen atoms in total. The number of aryl methyl sites for hydroxylation is 2. The highest BCUT2D eigenvalue weighted by Gasteiger charge is 2.37. The molecule has 2 aliphatic carbocycles. The molecule has 0 fully saturated rings. The Labute approximate surface area is 275 Å². The van der Waals surface area contributed by atoms with E-state index in [4.69, 9.17) is 4.74 Å². The molecule has 0 spiro atoms. The summed E-state index contributed by atoms with van der Waals surface area (Å²) in [6.07, 6.45) is 16.5. The van der Waals surface area contributed by atoms with Crippen molar-refractivity contribution in [1.82, 2.24) is 0 Å². The van der Waals surface area contributed by atoms with Crippen molar-refractivity contribution in [2.45, 2.75) is 108 Å². The zero-order chi connectivity index (χ0) is 32.1. The van der Waals surface area contributed by atoms with Crippen LogP contribution in [0.1, 0.15) is 93.4 Å². The minimum atomic E-state index is -4.73. The molecule has 1 heterocycles. The van der Waals surface area contributed by atoms with Crippen LogP contribution < -0.4 is 9.30 Å². The Hall–Kier alpha value is -3.48. The topological polar surface area (TPSA) is 70.3 Å². The molecule has 6 rings (SSSR count). The van der Waals surface area contributed by atoms with Crippen LogP contribution in [-0.4, -0.2) is 20.1 Å². The fraction of sp³-hybridized carbons (Fsp3) is 0.425. The second-order valence-electron chi connectivity index (χ2n) is 13.0. The normalized spacial score (nSPS) is 13.5. The second-order valence-corrected chi connectivity index (χ2v) is 14.3. The van der Waals surface area contributed by atoms with Gasteiger partial charge < -0.3 is 9.29 Å². The number of benzene rings is 3. The molecule has 0 saturated heterocycles. The highest BCUT2D eigenvalue weighted by Crippen LogP contribution is 2.45. The third-order valence-corrected chi connectivity index (χ3v) is 10.9. The number of rotatable bonds is 14. The highest BCUT2D eigenvalue weighted by atomic mass is 32.2. The lowest BCUT2D eigenvalue weighted by atomic mass is 9.77. The van der Waals surface area contributed by atoms with Crippen molar-refractivity contribution in [1.29, 1.82) is 0 Å². The van der Waals surface area contributed by atoms with Gasteiger partial charge in [-0.2, -0.15) is 4.57 Å². The summed E-state index contributed by atoms with van der Waals surface area (Å²) in [6.45, 7) is 3.21. The van der Waals surface area contributed by atoms with Gasteiger partial charge in [-0.15, -0.1) is 0 Å². The molecule has 3 aromatic carbocycles. The van der Waals surface area contributed by atoms with Gasteiger partial charge in [0.25, 0.3) is 0 Å². The van der Waals surface area contributed by atoms with E-state index in [-0.39, 0.29) is 10.6 Å². The van der Waals surface area contributed by atoms with Crippen LogP contribution in [-0.2, 0) is 42.3 Å². The van der Waals surface area contributed by atoms with E-state index in [0.29, 0.717) is 0 Å². The molecule has 0 amide bonds. The SMILES string of the molecule is CCCCCCCCCCCC[n+]1c2c(c(-c3ccc(OC)c(S(=O)(=O)[O-])c3)c3c1-c1ccccc1CC3)CCc1ccccc1-2. The Kier molecular flexibility index (Phi) is 10.2. The second kappa shape index (κ2) is 14.5. The van der Waals surface area contributed by atoms with E-state index in [1.165, 1.54) is 110 Å². The summed E-state index contributed by atoms with van der Waals surface area (Å²) in [6, 6.07) is 22.6. The Bertz CT molecular complexity index is 1730. The highest BCUT2D eigenvalue weighted by molar-refractivity contribution is 7.85. The number of methoxy groups -OCH3 is 1. The average Bonchev–Trinajstić information content (AvgIpc) is 3.07. The molecule has 0 saturated carbocycles. The maximum atomic E-state index is 12.4. The lowest BCUT2D eigenvalue weighted by Crippen LogP contribution is -2.43. The maximum absolute atomic E-state index is 12.4. The van der Waals surface area contributed by atoms with Crippen LogP contribution in [0.25, 0.3) is 33.6 Å². The first kappa shape index (κ1) is 32.5. The first-order chi connectivity index (χ1) is 22.4. The van der Waals surface area contributed by atoms with Gasteiger partial charge in [-0.3, -0.25) is 0 Å². The predicted molar refractivity (Wildman–Crippen MR) is 184 cm³/mol. The first-order valence-corrected chi connectivity index (χ1v) is 18.8. The molecular formula is C40H47NO4S. The molecule has 242 valence electrons. The summed E-state index contributed by atoms with van der Waals surface area (Å²) in [5, 5.41) is 0. The van der Waals surface area contributed by atoms with Gasteiger partial charge in [-0.05, 0) is 73.1 Å². The monoisotopic (exact) mass is 637 g/mol. The molecule has 4 aromatic rings. The van der Waals surface area contributed by atoms with Gasteiger partial charge in [0.1, 0.15) is 22.4 Å².